The predicted molar refractivity (Wildman–Crippen MR) is 182 cm³/mol. The van der Waals surface area contributed by atoms with Crippen LogP contribution in [0, 0.1) is 0 Å². The number of unbranched alkanes of at least 4 members (excludes halogenated alkanes) is 1. The Morgan fingerprint density at radius 1 is 0.705 bits per heavy atom. The zero-order chi connectivity index (χ0) is 30.5. The van der Waals surface area contributed by atoms with Crippen LogP contribution in [-0.2, 0) is 5.60 Å². The number of pyridine rings is 1. The first-order valence-corrected chi connectivity index (χ1v) is 15.4. The van der Waals surface area contributed by atoms with E-state index in [9.17, 15) is 5.11 Å². The molecule has 0 aliphatic heterocycles. The smallest absolute Gasteiger partial charge is 0.217 e. The molecule has 44 heavy (non-hydrogen) atoms. The summed E-state index contributed by atoms with van der Waals surface area (Å²) in [6.07, 6.45) is 2.43. The number of hydrogen-bond acceptors (Lipinski definition) is 4. The SMILES string of the molecule is COc1nc2ccccc2cc1C(c1ccc(-c2ccccc2)cc1)C(O)(CCCCN(C)C)c1ccc2ccccc2c1. The Balaban J connectivity index is 1.56. The summed E-state index contributed by atoms with van der Waals surface area (Å²) in [6.45, 7) is 0.963. The topological polar surface area (TPSA) is 45.6 Å². The summed E-state index contributed by atoms with van der Waals surface area (Å²) in [5.74, 6) is 0.105. The average molecular weight is 581 g/mol. The van der Waals surface area contributed by atoms with Crippen molar-refractivity contribution in [2.75, 3.05) is 27.7 Å². The van der Waals surface area contributed by atoms with Crippen molar-refractivity contribution in [3.63, 3.8) is 0 Å². The number of hydrogen-bond donors (Lipinski definition) is 1. The second-order valence-corrected chi connectivity index (χ2v) is 11.9. The zero-order valence-electron chi connectivity index (χ0n) is 25.8. The molecule has 6 rings (SSSR count). The van der Waals surface area contributed by atoms with E-state index in [1.807, 2.05) is 24.3 Å². The first-order chi connectivity index (χ1) is 21.5. The van der Waals surface area contributed by atoms with Gasteiger partial charge in [-0.1, -0.05) is 109 Å². The van der Waals surface area contributed by atoms with Crippen LogP contribution in [0.15, 0.2) is 127 Å². The Bertz CT molecular complexity index is 1850. The van der Waals surface area contributed by atoms with Crippen LogP contribution in [0.5, 0.6) is 5.88 Å². The van der Waals surface area contributed by atoms with Crippen molar-refractivity contribution in [2.24, 2.45) is 0 Å². The molecular formula is C40H40N2O2. The molecular weight excluding hydrogens is 540 g/mol. The largest absolute Gasteiger partial charge is 0.481 e. The third-order valence-corrected chi connectivity index (χ3v) is 8.71. The highest BCUT2D eigenvalue weighted by Crippen LogP contribution is 2.48. The normalized spacial score (nSPS) is 13.7. The molecule has 5 aromatic carbocycles. The van der Waals surface area contributed by atoms with Crippen LogP contribution in [0.2, 0.25) is 0 Å². The van der Waals surface area contributed by atoms with Crippen molar-refractivity contribution in [3.05, 3.63) is 144 Å². The fourth-order valence-corrected chi connectivity index (χ4v) is 6.43. The van der Waals surface area contributed by atoms with E-state index in [-0.39, 0.29) is 0 Å². The van der Waals surface area contributed by atoms with E-state index in [1.165, 1.54) is 0 Å². The van der Waals surface area contributed by atoms with Gasteiger partial charge in [0.05, 0.1) is 12.6 Å². The minimum atomic E-state index is -1.23. The van der Waals surface area contributed by atoms with Gasteiger partial charge >= 0.3 is 0 Å². The van der Waals surface area contributed by atoms with Gasteiger partial charge in [0, 0.05) is 16.9 Å². The van der Waals surface area contributed by atoms with E-state index < -0.39 is 11.5 Å². The Morgan fingerprint density at radius 3 is 2.09 bits per heavy atom. The molecule has 6 aromatic rings. The van der Waals surface area contributed by atoms with Crippen LogP contribution in [0.1, 0.15) is 41.9 Å². The Hall–Kier alpha value is -4.51. The van der Waals surface area contributed by atoms with Gasteiger partial charge in [0.15, 0.2) is 0 Å². The maximum absolute atomic E-state index is 13.3. The third-order valence-electron chi connectivity index (χ3n) is 8.71. The number of benzene rings is 5. The fraction of sp³-hybridized carbons (Fsp3) is 0.225. The fourth-order valence-electron chi connectivity index (χ4n) is 6.43. The van der Waals surface area contributed by atoms with Gasteiger partial charge < -0.3 is 14.7 Å². The molecule has 0 radical (unpaired) electrons. The number of rotatable bonds is 11. The summed E-state index contributed by atoms with van der Waals surface area (Å²) < 4.78 is 5.98. The minimum Gasteiger partial charge on any atom is -0.481 e. The molecule has 1 heterocycles. The minimum absolute atomic E-state index is 0.431. The van der Waals surface area contributed by atoms with E-state index in [0.29, 0.717) is 12.3 Å². The first-order valence-electron chi connectivity index (χ1n) is 15.4. The van der Waals surface area contributed by atoms with Crippen molar-refractivity contribution in [1.82, 2.24) is 9.88 Å². The highest BCUT2D eigenvalue weighted by Gasteiger charge is 2.42. The maximum atomic E-state index is 13.3. The summed E-state index contributed by atoms with van der Waals surface area (Å²) in [5, 5.41) is 16.5. The molecule has 0 saturated carbocycles. The third kappa shape index (κ3) is 6.10. The summed E-state index contributed by atoms with van der Waals surface area (Å²) in [6, 6.07) is 44.0. The molecule has 0 spiro atoms. The van der Waals surface area contributed by atoms with Crippen LogP contribution in [0.3, 0.4) is 0 Å². The number of ether oxygens (including phenoxy) is 1. The molecule has 0 amide bonds. The molecule has 0 saturated heterocycles. The number of para-hydroxylation sites is 1. The van der Waals surface area contributed by atoms with Crippen molar-refractivity contribution < 1.29 is 9.84 Å². The van der Waals surface area contributed by atoms with E-state index >= 15 is 0 Å². The number of nitrogens with zero attached hydrogens (tertiary/aromatic N) is 2. The Labute approximate surface area is 260 Å². The molecule has 0 aliphatic rings. The number of aliphatic hydroxyl groups is 1. The summed E-state index contributed by atoms with van der Waals surface area (Å²) in [5.41, 5.74) is 4.72. The summed E-state index contributed by atoms with van der Waals surface area (Å²) in [7, 11) is 5.86. The second-order valence-electron chi connectivity index (χ2n) is 11.9. The highest BCUT2D eigenvalue weighted by molar-refractivity contribution is 5.84. The predicted octanol–water partition coefficient (Wildman–Crippen LogP) is 8.82. The van der Waals surface area contributed by atoms with Crippen LogP contribution >= 0.6 is 0 Å². The zero-order valence-corrected chi connectivity index (χ0v) is 25.8. The van der Waals surface area contributed by atoms with Gasteiger partial charge in [0.1, 0.15) is 5.60 Å². The van der Waals surface area contributed by atoms with Crippen LogP contribution in [0.4, 0.5) is 0 Å². The van der Waals surface area contributed by atoms with Crippen LogP contribution in [-0.4, -0.2) is 42.7 Å². The molecule has 1 N–H and O–H groups in total. The lowest BCUT2D eigenvalue weighted by Gasteiger charge is -2.38. The van der Waals surface area contributed by atoms with E-state index in [2.05, 4.69) is 122 Å². The average Bonchev–Trinajstić information content (AvgIpc) is 3.07. The molecule has 2 atom stereocenters. The molecule has 4 nitrogen and oxygen atoms in total. The molecule has 0 aliphatic carbocycles. The Morgan fingerprint density at radius 2 is 1.36 bits per heavy atom. The lowest BCUT2D eigenvalue weighted by molar-refractivity contribution is 0.00691. The van der Waals surface area contributed by atoms with Gasteiger partial charge in [0.2, 0.25) is 5.88 Å². The Kier molecular flexibility index (Phi) is 8.74. The second kappa shape index (κ2) is 13.0. The number of fused-ring (bicyclic) bond motifs is 2. The summed E-state index contributed by atoms with van der Waals surface area (Å²) in [4.78, 5) is 7.14. The molecule has 222 valence electrons. The lowest BCUT2D eigenvalue weighted by atomic mass is 9.70. The van der Waals surface area contributed by atoms with Crippen LogP contribution in [0.25, 0.3) is 32.8 Å². The standard InChI is InChI=1S/C40H40N2O2/c1-42(2)26-12-11-25-40(43,35-24-23-30-15-7-8-16-33(30)27-35)38(32-21-19-31(20-22-32)29-13-5-4-6-14-29)36-28-34-17-9-10-18-37(34)41-39(36)44-3/h4-10,13-24,27-28,38,43H,11-12,25-26H2,1-3H3. The molecule has 4 heteroatoms. The van der Waals surface area contributed by atoms with Crippen molar-refractivity contribution in [2.45, 2.75) is 30.8 Å². The van der Waals surface area contributed by atoms with Gasteiger partial charge in [0.25, 0.3) is 0 Å². The quantitative estimate of drug-likeness (QED) is 0.156. The van der Waals surface area contributed by atoms with Crippen molar-refractivity contribution in [3.8, 4) is 17.0 Å². The van der Waals surface area contributed by atoms with Crippen LogP contribution < -0.4 is 4.74 Å². The van der Waals surface area contributed by atoms with E-state index in [0.717, 1.165) is 68.9 Å². The number of methoxy groups -OCH3 is 1. The molecule has 0 bridgehead atoms. The monoisotopic (exact) mass is 580 g/mol. The van der Waals surface area contributed by atoms with Gasteiger partial charge in [-0.25, -0.2) is 4.98 Å². The highest BCUT2D eigenvalue weighted by atomic mass is 16.5. The van der Waals surface area contributed by atoms with Gasteiger partial charge in [-0.15, -0.1) is 0 Å². The molecule has 0 fully saturated rings. The first kappa shape index (κ1) is 29.6. The molecule has 2 unspecified atom stereocenters. The maximum Gasteiger partial charge on any atom is 0.217 e. The van der Waals surface area contributed by atoms with Crippen molar-refractivity contribution >= 4 is 21.7 Å². The van der Waals surface area contributed by atoms with Gasteiger partial charge in [-0.05, 0) is 91.1 Å². The molecule has 1 aromatic heterocycles. The summed E-state index contributed by atoms with van der Waals surface area (Å²) >= 11 is 0. The van der Waals surface area contributed by atoms with E-state index in [4.69, 9.17) is 9.72 Å². The van der Waals surface area contributed by atoms with Gasteiger partial charge in [-0.3, -0.25) is 0 Å². The van der Waals surface area contributed by atoms with Crippen molar-refractivity contribution in [1.29, 1.82) is 0 Å². The number of aromatic nitrogens is 1. The van der Waals surface area contributed by atoms with Gasteiger partial charge in [-0.2, -0.15) is 0 Å². The lowest BCUT2D eigenvalue weighted by Crippen LogP contribution is -2.35. The van der Waals surface area contributed by atoms with E-state index in [1.54, 1.807) is 7.11 Å².